The first kappa shape index (κ1) is 24.0. The monoisotopic (exact) mass is 476 g/mol. The summed E-state index contributed by atoms with van der Waals surface area (Å²) in [7, 11) is 1.57. The van der Waals surface area contributed by atoms with Crippen molar-refractivity contribution in [2.45, 2.75) is 38.1 Å². The summed E-state index contributed by atoms with van der Waals surface area (Å²) in [5, 5.41) is 18.5. The van der Waals surface area contributed by atoms with E-state index in [1.54, 1.807) is 7.05 Å². The lowest BCUT2D eigenvalue weighted by Crippen LogP contribution is -2.41. The van der Waals surface area contributed by atoms with Crippen molar-refractivity contribution in [3.8, 4) is 11.1 Å². The summed E-state index contributed by atoms with van der Waals surface area (Å²) in [4.78, 5) is 37.0. The standard InChI is InChI=1S/C26H28N4O5/c1-3-4-13-22(25(32)33)28-24(31)20-14-27-30(2)23(20)29-26(34)35-15-21-18-11-7-5-9-16(18)17-10-6-8-12-19(17)21/h5-12,14,21-22H,3-4,13,15H2,1-2H3,(H,28,31)(H,29,34)(H,32,33). The molecule has 9 nitrogen and oxygen atoms in total. The predicted molar refractivity (Wildman–Crippen MR) is 130 cm³/mol. The molecule has 1 aliphatic carbocycles. The van der Waals surface area contributed by atoms with Crippen LogP contribution in [0.5, 0.6) is 0 Å². The molecular formula is C26H28N4O5. The lowest BCUT2D eigenvalue weighted by molar-refractivity contribution is -0.139. The van der Waals surface area contributed by atoms with E-state index in [4.69, 9.17) is 4.74 Å². The van der Waals surface area contributed by atoms with Gasteiger partial charge in [0.05, 0.1) is 6.20 Å². The Balaban J connectivity index is 1.44. The second-order valence-corrected chi connectivity index (χ2v) is 8.49. The molecule has 1 aliphatic rings. The van der Waals surface area contributed by atoms with Crippen LogP contribution in [-0.2, 0) is 16.6 Å². The van der Waals surface area contributed by atoms with E-state index in [1.165, 1.54) is 10.9 Å². The third kappa shape index (κ3) is 5.03. The molecule has 0 spiro atoms. The number of carbonyl (C=O) groups is 3. The first-order valence-corrected chi connectivity index (χ1v) is 11.6. The average molecular weight is 477 g/mol. The second kappa shape index (κ2) is 10.4. The van der Waals surface area contributed by atoms with E-state index >= 15 is 0 Å². The van der Waals surface area contributed by atoms with Crippen LogP contribution in [-0.4, -0.2) is 45.5 Å². The van der Waals surface area contributed by atoms with Gasteiger partial charge in [0.1, 0.15) is 24.0 Å². The molecule has 1 heterocycles. The van der Waals surface area contributed by atoms with Crippen molar-refractivity contribution in [3.05, 3.63) is 71.4 Å². The van der Waals surface area contributed by atoms with Gasteiger partial charge in [0, 0.05) is 13.0 Å². The topological polar surface area (TPSA) is 123 Å². The molecule has 4 rings (SSSR count). The molecule has 3 N–H and O–H groups in total. The Hall–Kier alpha value is -4.14. The van der Waals surface area contributed by atoms with Gasteiger partial charge in [-0.2, -0.15) is 5.10 Å². The molecule has 35 heavy (non-hydrogen) atoms. The minimum Gasteiger partial charge on any atom is -0.480 e. The van der Waals surface area contributed by atoms with E-state index in [9.17, 15) is 19.5 Å². The largest absolute Gasteiger partial charge is 0.480 e. The summed E-state index contributed by atoms with van der Waals surface area (Å²) >= 11 is 0. The molecule has 2 aromatic carbocycles. The Labute approximate surface area is 203 Å². The summed E-state index contributed by atoms with van der Waals surface area (Å²) < 4.78 is 6.89. The molecule has 2 amide bonds. The van der Waals surface area contributed by atoms with E-state index in [0.717, 1.165) is 28.7 Å². The number of amides is 2. The average Bonchev–Trinajstić information content (AvgIpc) is 3.37. The Morgan fingerprint density at radius 3 is 2.31 bits per heavy atom. The van der Waals surface area contributed by atoms with Gasteiger partial charge in [-0.15, -0.1) is 0 Å². The SMILES string of the molecule is CCCCC(NC(=O)c1cnn(C)c1NC(=O)OCC1c2ccccc2-c2ccccc21)C(=O)O. The van der Waals surface area contributed by atoms with E-state index in [-0.39, 0.29) is 23.9 Å². The quantitative estimate of drug-likeness (QED) is 0.426. The van der Waals surface area contributed by atoms with E-state index in [1.807, 2.05) is 43.3 Å². The smallest absolute Gasteiger partial charge is 0.412 e. The highest BCUT2D eigenvalue weighted by atomic mass is 16.5. The molecule has 182 valence electrons. The third-order valence-corrected chi connectivity index (χ3v) is 6.20. The number of carbonyl (C=O) groups excluding carboxylic acids is 2. The number of fused-ring (bicyclic) bond motifs is 3. The van der Waals surface area contributed by atoms with Gasteiger partial charge in [-0.3, -0.25) is 14.8 Å². The minimum atomic E-state index is -1.11. The van der Waals surface area contributed by atoms with Gasteiger partial charge in [-0.1, -0.05) is 68.3 Å². The fraction of sp³-hybridized carbons (Fsp3) is 0.308. The lowest BCUT2D eigenvalue weighted by atomic mass is 9.98. The van der Waals surface area contributed by atoms with E-state index in [0.29, 0.717) is 12.8 Å². The van der Waals surface area contributed by atoms with Gasteiger partial charge in [0.25, 0.3) is 5.91 Å². The molecular weight excluding hydrogens is 448 g/mol. The fourth-order valence-electron chi connectivity index (χ4n) is 4.38. The van der Waals surface area contributed by atoms with Crippen LogP contribution in [0.15, 0.2) is 54.7 Å². The number of carboxylic acids is 1. The maximum Gasteiger partial charge on any atom is 0.412 e. The molecule has 1 unspecified atom stereocenters. The first-order valence-electron chi connectivity index (χ1n) is 11.6. The van der Waals surface area contributed by atoms with Crippen LogP contribution < -0.4 is 10.6 Å². The van der Waals surface area contributed by atoms with Crippen molar-refractivity contribution in [1.82, 2.24) is 15.1 Å². The number of aryl methyl sites for hydroxylation is 1. The maximum absolute atomic E-state index is 12.8. The number of hydrogen-bond acceptors (Lipinski definition) is 5. The molecule has 1 aromatic heterocycles. The molecule has 1 atom stereocenters. The summed E-state index contributed by atoms with van der Waals surface area (Å²) in [5.41, 5.74) is 4.49. The molecule has 0 saturated heterocycles. The summed E-state index contributed by atoms with van der Waals surface area (Å²) in [5.74, 6) is -1.71. The number of benzene rings is 2. The van der Waals surface area contributed by atoms with Crippen LogP contribution >= 0.6 is 0 Å². The number of anilines is 1. The predicted octanol–water partition coefficient (Wildman–Crippen LogP) is 4.15. The van der Waals surface area contributed by atoms with Crippen LogP contribution in [0.2, 0.25) is 0 Å². The molecule has 0 fully saturated rings. The number of nitrogens with zero attached hydrogens (tertiary/aromatic N) is 2. The van der Waals surface area contributed by atoms with Gasteiger partial charge in [-0.05, 0) is 28.7 Å². The van der Waals surface area contributed by atoms with Crippen molar-refractivity contribution in [1.29, 1.82) is 0 Å². The zero-order chi connectivity index (χ0) is 24.9. The van der Waals surface area contributed by atoms with Gasteiger partial charge in [-0.25, -0.2) is 9.59 Å². The number of ether oxygens (including phenoxy) is 1. The van der Waals surface area contributed by atoms with Gasteiger partial charge in [0.2, 0.25) is 0 Å². The Morgan fingerprint density at radius 2 is 1.71 bits per heavy atom. The van der Waals surface area contributed by atoms with Crippen LogP contribution in [0.25, 0.3) is 11.1 Å². The number of hydrogen-bond donors (Lipinski definition) is 3. The summed E-state index contributed by atoms with van der Waals surface area (Å²) in [6.45, 7) is 2.07. The minimum absolute atomic E-state index is 0.0590. The Bertz CT molecular complexity index is 1210. The molecule has 0 saturated carbocycles. The normalized spacial score (nSPS) is 13.0. The maximum atomic E-state index is 12.8. The highest BCUT2D eigenvalue weighted by Gasteiger charge is 2.29. The van der Waals surface area contributed by atoms with Crippen LogP contribution in [0, 0.1) is 0 Å². The fourth-order valence-corrected chi connectivity index (χ4v) is 4.38. The molecule has 0 bridgehead atoms. The highest BCUT2D eigenvalue weighted by Crippen LogP contribution is 2.44. The second-order valence-electron chi connectivity index (χ2n) is 8.49. The van der Waals surface area contributed by atoms with Crippen molar-refractivity contribution >= 4 is 23.8 Å². The number of nitrogens with one attached hydrogen (secondary N) is 2. The van der Waals surface area contributed by atoms with Gasteiger partial charge >= 0.3 is 12.1 Å². The number of aromatic nitrogens is 2. The number of carboxylic acid groups (broad SMARTS) is 1. The highest BCUT2D eigenvalue weighted by molar-refractivity contribution is 6.02. The Kier molecular flexibility index (Phi) is 7.14. The summed E-state index contributed by atoms with van der Waals surface area (Å²) in [6.07, 6.45) is 2.33. The van der Waals surface area contributed by atoms with Crippen LogP contribution in [0.1, 0.15) is 53.6 Å². The zero-order valence-corrected chi connectivity index (χ0v) is 19.7. The van der Waals surface area contributed by atoms with Crippen molar-refractivity contribution in [3.63, 3.8) is 0 Å². The molecule has 3 aromatic rings. The number of unbranched alkanes of at least 4 members (excludes halogenated alkanes) is 1. The number of rotatable bonds is 9. The summed E-state index contributed by atoms with van der Waals surface area (Å²) in [6, 6.07) is 15.0. The van der Waals surface area contributed by atoms with Crippen molar-refractivity contribution < 1.29 is 24.2 Å². The number of aliphatic carboxylic acids is 1. The van der Waals surface area contributed by atoms with Crippen molar-refractivity contribution in [2.75, 3.05) is 11.9 Å². The molecule has 0 aliphatic heterocycles. The van der Waals surface area contributed by atoms with Gasteiger partial charge in [0.15, 0.2) is 0 Å². The van der Waals surface area contributed by atoms with Crippen LogP contribution in [0.4, 0.5) is 10.6 Å². The van der Waals surface area contributed by atoms with Crippen molar-refractivity contribution in [2.24, 2.45) is 7.05 Å². The lowest BCUT2D eigenvalue weighted by Gasteiger charge is -2.16. The molecule has 9 heteroatoms. The Morgan fingerprint density at radius 1 is 1.09 bits per heavy atom. The van der Waals surface area contributed by atoms with Gasteiger partial charge < -0.3 is 15.2 Å². The molecule has 0 radical (unpaired) electrons. The first-order chi connectivity index (χ1) is 16.9. The van der Waals surface area contributed by atoms with E-state index < -0.39 is 24.0 Å². The zero-order valence-electron chi connectivity index (χ0n) is 19.7. The van der Waals surface area contributed by atoms with E-state index in [2.05, 4.69) is 27.9 Å². The third-order valence-electron chi connectivity index (χ3n) is 6.20. The van der Waals surface area contributed by atoms with Crippen LogP contribution in [0.3, 0.4) is 0 Å².